The van der Waals surface area contributed by atoms with Crippen LogP contribution in [0.3, 0.4) is 0 Å². The second-order valence-corrected chi connectivity index (χ2v) is 8.30. The smallest absolute Gasteiger partial charge is 0.123 e. The molecule has 2 atom stereocenters. The SMILES string of the molecule is Cc1cc(C)c(C)c(OCC(O)CN2CCC(C(O)c3ccc(F)cc3)CC2)c1. The highest BCUT2D eigenvalue weighted by molar-refractivity contribution is 5.41. The molecule has 1 fully saturated rings. The number of hydrogen-bond acceptors (Lipinski definition) is 4. The van der Waals surface area contributed by atoms with Gasteiger partial charge in [0.05, 0.1) is 6.10 Å². The molecule has 0 amide bonds. The fourth-order valence-electron chi connectivity index (χ4n) is 4.07. The van der Waals surface area contributed by atoms with E-state index in [4.69, 9.17) is 4.74 Å². The highest BCUT2D eigenvalue weighted by Gasteiger charge is 2.27. The molecule has 1 aliphatic heterocycles. The summed E-state index contributed by atoms with van der Waals surface area (Å²) in [6.45, 7) is 8.61. The summed E-state index contributed by atoms with van der Waals surface area (Å²) in [7, 11) is 0. The molecule has 0 aliphatic carbocycles. The molecule has 2 N–H and O–H groups in total. The number of rotatable bonds is 7. The molecule has 1 heterocycles. The van der Waals surface area contributed by atoms with Crippen LogP contribution in [0.15, 0.2) is 36.4 Å². The monoisotopic (exact) mass is 401 g/mol. The molecular weight excluding hydrogens is 369 g/mol. The van der Waals surface area contributed by atoms with Crippen LogP contribution in [0.1, 0.15) is 41.2 Å². The van der Waals surface area contributed by atoms with Crippen LogP contribution in [-0.4, -0.2) is 47.5 Å². The highest BCUT2D eigenvalue weighted by atomic mass is 19.1. The summed E-state index contributed by atoms with van der Waals surface area (Å²) in [6, 6.07) is 10.2. The van der Waals surface area contributed by atoms with E-state index >= 15 is 0 Å². The van der Waals surface area contributed by atoms with Gasteiger partial charge in [0.1, 0.15) is 24.3 Å². The predicted molar refractivity (Wildman–Crippen MR) is 113 cm³/mol. The minimum absolute atomic E-state index is 0.156. The van der Waals surface area contributed by atoms with E-state index < -0.39 is 12.2 Å². The van der Waals surface area contributed by atoms with Crippen LogP contribution < -0.4 is 4.74 Å². The average Bonchev–Trinajstić information content (AvgIpc) is 2.70. The third-order valence-corrected chi connectivity index (χ3v) is 5.95. The normalized spacial score (nSPS) is 17.9. The first-order valence-electron chi connectivity index (χ1n) is 10.4. The summed E-state index contributed by atoms with van der Waals surface area (Å²) in [5, 5.41) is 21.0. The molecule has 29 heavy (non-hydrogen) atoms. The molecule has 1 saturated heterocycles. The van der Waals surface area contributed by atoms with Crippen molar-refractivity contribution in [1.82, 2.24) is 4.90 Å². The topological polar surface area (TPSA) is 52.9 Å². The lowest BCUT2D eigenvalue weighted by molar-refractivity contribution is 0.0277. The molecule has 0 saturated carbocycles. The molecule has 158 valence electrons. The number of likely N-dealkylation sites (tertiary alicyclic amines) is 1. The van der Waals surface area contributed by atoms with Crippen molar-refractivity contribution in [2.24, 2.45) is 5.92 Å². The maximum atomic E-state index is 13.1. The van der Waals surface area contributed by atoms with Crippen LogP contribution in [0, 0.1) is 32.5 Å². The number of β-amino-alcohol motifs (C(OH)–C–C–N with tert-alkyl or cyclic N) is 1. The van der Waals surface area contributed by atoms with Crippen LogP contribution >= 0.6 is 0 Å². The molecular formula is C24H32FNO3. The van der Waals surface area contributed by atoms with Gasteiger partial charge in [0.2, 0.25) is 0 Å². The van der Waals surface area contributed by atoms with Crippen molar-refractivity contribution >= 4 is 0 Å². The predicted octanol–water partition coefficient (Wildman–Crippen LogP) is 3.94. The summed E-state index contributed by atoms with van der Waals surface area (Å²) in [4.78, 5) is 2.22. The van der Waals surface area contributed by atoms with Crippen LogP contribution in [0.5, 0.6) is 5.75 Å². The maximum absolute atomic E-state index is 13.1. The first kappa shape index (κ1) is 21.8. The van der Waals surface area contributed by atoms with Gasteiger partial charge in [-0.15, -0.1) is 0 Å². The lowest BCUT2D eigenvalue weighted by Gasteiger charge is -2.35. The summed E-state index contributed by atoms with van der Waals surface area (Å²) in [5.74, 6) is 0.702. The summed E-state index contributed by atoms with van der Waals surface area (Å²) < 4.78 is 19.0. The molecule has 1 aliphatic rings. The van der Waals surface area contributed by atoms with E-state index in [0.717, 1.165) is 48.4 Å². The fraction of sp³-hybridized carbons (Fsp3) is 0.500. The molecule has 0 aromatic heterocycles. The molecule has 0 bridgehead atoms. The standard InChI is InChI=1S/C24H32FNO3/c1-16-12-17(2)18(3)23(13-16)29-15-22(27)14-26-10-8-20(9-11-26)24(28)19-4-6-21(25)7-5-19/h4-7,12-13,20,22,24,27-28H,8-11,14-15H2,1-3H3. The Morgan fingerprint density at radius 3 is 2.38 bits per heavy atom. The number of ether oxygens (including phenoxy) is 1. The summed E-state index contributed by atoms with van der Waals surface area (Å²) >= 11 is 0. The van der Waals surface area contributed by atoms with Gasteiger partial charge in [-0.2, -0.15) is 0 Å². The largest absolute Gasteiger partial charge is 0.491 e. The Labute approximate surface area is 172 Å². The van der Waals surface area contributed by atoms with Gasteiger partial charge in [0.15, 0.2) is 0 Å². The number of aryl methyl sites for hydroxylation is 2. The van der Waals surface area contributed by atoms with Gasteiger partial charge in [0, 0.05) is 6.54 Å². The molecule has 4 nitrogen and oxygen atoms in total. The first-order chi connectivity index (χ1) is 13.8. The Balaban J connectivity index is 1.45. The Morgan fingerprint density at radius 1 is 1.07 bits per heavy atom. The second kappa shape index (κ2) is 9.70. The Morgan fingerprint density at radius 2 is 1.72 bits per heavy atom. The van der Waals surface area contributed by atoms with Crippen molar-refractivity contribution in [3.8, 4) is 5.75 Å². The van der Waals surface area contributed by atoms with Crippen molar-refractivity contribution in [2.45, 2.75) is 45.8 Å². The van der Waals surface area contributed by atoms with Gasteiger partial charge in [-0.3, -0.25) is 0 Å². The average molecular weight is 402 g/mol. The zero-order valence-electron chi connectivity index (χ0n) is 17.6. The first-order valence-corrected chi connectivity index (χ1v) is 10.4. The Kier molecular flexibility index (Phi) is 7.28. The Hall–Kier alpha value is -1.95. The zero-order valence-corrected chi connectivity index (χ0v) is 17.6. The third kappa shape index (κ3) is 5.78. The van der Waals surface area contributed by atoms with Gasteiger partial charge in [-0.25, -0.2) is 4.39 Å². The van der Waals surface area contributed by atoms with Gasteiger partial charge in [-0.1, -0.05) is 18.2 Å². The van der Waals surface area contributed by atoms with Crippen molar-refractivity contribution < 1.29 is 19.3 Å². The van der Waals surface area contributed by atoms with Crippen molar-refractivity contribution in [1.29, 1.82) is 0 Å². The van der Waals surface area contributed by atoms with Crippen LogP contribution in [-0.2, 0) is 0 Å². The maximum Gasteiger partial charge on any atom is 0.123 e. The minimum Gasteiger partial charge on any atom is -0.491 e. The van der Waals surface area contributed by atoms with Gasteiger partial charge in [0.25, 0.3) is 0 Å². The molecule has 2 unspecified atom stereocenters. The van der Waals surface area contributed by atoms with Crippen LogP contribution in [0.25, 0.3) is 0 Å². The van der Waals surface area contributed by atoms with E-state index in [1.54, 1.807) is 12.1 Å². The van der Waals surface area contributed by atoms with Crippen LogP contribution in [0.2, 0.25) is 0 Å². The van der Waals surface area contributed by atoms with E-state index in [1.807, 2.05) is 19.9 Å². The van der Waals surface area contributed by atoms with E-state index in [2.05, 4.69) is 17.9 Å². The summed E-state index contributed by atoms with van der Waals surface area (Å²) in [5.41, 5.74) is 4.22. The second-order valence-electron chi connectivity index (χ2n) is 8.30. The molecule has 3 rings (SSSR count). The number of piperidine rings is 1. The third-order valence-electron chi connectivity index (χ3n) is 5.95. The number of aliphatic hydroxyl groups is 2. The quantitative estimate of drug-likeness (QED) is 0.738. The fourth-order valence-corrected chi connectivity index (χ4v) is 4.07. The molecule has 5 heteroatoms. The van der Waals surface area contributed by atoms with Gasteiger partial charge >= 0.3 is 0 Å². The Bertz CT molecular complexity index is 801. The molecule has 0 radical (unpaired) electrons. The lowest BCUT2D eigenvalue weighted by Crippen LogP contribution is -2.41. The molecule has 0 spiro atoms. The van der Waals surface area contributed by atoms with E-state index in [-0.39, 0.29) is 18.3 Å². The number of nitrogens with zero attached hydrogens (tertiary/aromatic N) is 1. The number of halogens is 1. The zero-order chi connectivity index (χ0) is 21.0. The molecule has 2 aromatic carbocycles. The minimum atomic E-state index is -0.571. The highest BCUT2D eigenvalue weighted by Crippen LogP contribution is 2.31. The van der Waals surface area contributed by atoms with Crippen molar-refractivity contribution in [3.63, 3.8) is 0 Å². The lowest BCUT2D eigenvalue weighted by atomic mass is 9.87. The number of aliphatic hydroxyl groups excluding tert-OH is 2. The van der Waals surface area contributed by atoms with Crippen molar-refractivity contribution in [3.05, 3.63) is 64.5 Å². The van der Waals surface area contributed by atoms with E-state index in [1.165, 1.54) is 17.7 Å². The number of benzene rings is 2. The number of hydrogen-bond donors (Lipinski definition) is 2. The van der Waals surface area contributed by atoms with Gasteiger partial charge in [-0.05, 0) is 93.1 Å². The summed E-state index contributed by atoms with van der Waals surface area (Å²) in [6.07, 6.45) is 0.567. The van der Waals surface area contributed by atoms with Gasteiger partial charge < -0.3 is 19.8 Å². The van der Waals surface area contributed by atoms with E-state index in [9.17, 15) is 14.6 Å². The van der Waals surface area contributed by atoms with Crippen LogP contribution in [0.4, 0.5) is 4.39 Å². The van der Waals surface area contributed by atoms with Crippen molar-refractivity contribution in [2.75, 3.05) is 26.2 Å². The van der Waals surface area contributed by atoms with E-state index in [0.29, 0.717) is 6.54 Å². The molecule has 2 aromatic rings.